The van der Waals surface area contributed by atoms with Gasteiger partial charge in [-0.2, -0.15) is 0 Å². The van der Waals surface area contributed by atoms with Gasteiger partial charge in [-0.05, 0) is 38.5 Å². The maximum atomic E-state index is 13.1. The van der Waals surface area contributed by atoms with E-state index >= 15 is 0 Å². The Morgan fingerprint density at radius 1 is 0.667 bits per heavy atom. The van der Waals surface area contributed by atoms with Gasteiger partial charge in [0, 0.05) is 19.6 Å². The van der Waals surface area contributed by atoms with Crippen molar-refractivity contribution in [2.45, 2.75) is 115 Å². The van der Waals surface area contributed by atoms with Crippen LogP contribution >= 0.6 is 0 Å². The number of urea groups is 2. The molecule has 3 atom stereocenters. The van der Waals surface area contributed by atoms with E-state index < -0.39 is 12.1 Å². The lowest BCUT2D eigenvalue weighted by atomic mass is 10.1. The third-order valence-electron chi connectivity index (χ3n) is 7.12. The number of rotatable bonds is 22. The van der Waals surface area contributed by atoms with Crippen LogP contribution in [0.4, 0.5) is 9.59 Å². The van der Waals surface area contributed by atoms with E-state index in [2.05, 4.69) is 5.32 Å². The Morgan fingerprint density at radius 3 is 1.58 bits per heavy atom. The fourth-order valence-corrected chi connectivity index (χ4v) is 4.48. The average Bonchev–Trinajstić information content (AvgIpc) is 3.72. The van der Waals surface area contributed by atoms with Gasteiger partial charge in [-0.1, -0.05) is 57.8 Å². The van der Waals surface area contributed by atoms with Gasteiger partial charge in [0.05, 0.1) is 38.1 Å². The zero-order valence-corrected chi connectivity index (χ0v) is 22.0. The molecule has 0 aromatic rings. The zero-order valence-electron chi connectivity index (χ0n) is 22.0. The molecule has 0 aromatic carbocycles. The molecule has 9 heteroatoms. The van der Waals surface area contributed by atoms with Crippen LogP contribution in [0.25, 0.3) is 0 Å². The first kappa shape index (κ1) is 28.9. The molecular formula is C27H47N3O6. The first-order valence-electron chi connectivity index (χ1n) is 14.3. The SMILES string of the molecule is O=CN(CCCCCCC1CO1)C(=O)N(CCCCCCC1CO1)C(=O)NCCCCCCC1CO1. The summed E-state index contributed by atoms with van der Waals surface area (Å²) in [6.07, 6.45) is 17.1. The predicted molar refractivity (Wildman–Crippen MR) is 137 cm³/mol. The van der Waals surface area contributed by atoms with Gasteiger partial charge >= 0.3 is 12.1 Å². The summed E-state index contributed by atoms with van der Waals surface area (Å²) in [5, 5.41) is 2.90. The van der Waals surface area contributed by atoms with Gasteiger partial charge < -0.3 is 19.5 Å². The topological polar surface area (TPSA) is 107 Å². The van der Waals surface area contributed by atoms with Crippen LogP contribution in [0.5, 0.6) is 0 Å². The van der Waals surface area contributed by atoms with E-state index in [9.17, 15) is 14.4 Å². The molecule has 3 heterocycles. The Bertz CT molecular complexity index is 651. The Kier molecular flexibility index (Phi) is 13.6. The van der Waals surface area contributed by atoms with Crippen LogP contribution in [0.2, 0.25) is 0 Å². The number of imide groups is 2. The molecule has 3 unspecified atom stereocenters. The number of ether oxygens (including phenoxy) is 3. The Balaban J connectivity index is 1.34. The smallest absolute Gasteiger partial charge is 0.334 e. The first-order chi connectivity index (χ1) is 17.7. The number of hydrogen-bond acceptors (Lipinski definition) is 6. The van der Waals surface area contributed by atoms with Gasteiger partial charge in [0.1, 0.15) is 0 Å². The van der Waals surface area contributed by atoms with Gasteiger partial charge in [-0.3, -0.25) is 9.69 Å². The highest BCUT2D eigenvalue weighted by Crippen LogP contribution is 2.19. The summed E-state index contributed by atoms with van der Waals surface area (Å²) in [5.41, 5.74) is 0. The van der Waals surface area contributed by atoms with Gasteiger partial charge in [0.2, 0.25) is 6.41 Å². The maximum absolute atomic E-state index is 13.1. The van der Waals surface area contributed by atoms with Crippen molar-refractivity contribution in [1.29, 1.82) is 0 Å². The summed E-state index contributed by atoms with van der Waals surface area (Å²) in [7, 11) is 0. The van der Waals surface area contributed by atoms with Crippen molar-refractivity contribution in [2.24, 2.45) is 0 Å². The van der Waals surface area contributed by atoms with E-state index in [0.717, 1.165) is 121 Å². The van der Waals surface area contributed by atoms with E-state index in [0.29, 0.717) is 44.4 Å². The molecular weight excluding hydrogens is 462 g/mol. The summed E-state index contributed by atoms with van der Waals surface area (Å²) in [5.74, 6) is 0. The molecule has 36 heavy (non-hydrogen) atoms. The van der Waals surface area contributed by atoms with Crippen molar-refractivity contribution in [3.63, 3.8) is 0 Å². The number of nitrogens with one attached hydrogen (secondary N) is 1. The lowest BCUT2D eigenvalue weighted by Gasteiger charge is -2.26. The van der Waals surface area contributed by atoms with Crippen LogP contribution in [0.15, 0.2) is 0 Å². The largest absolute Gasteiger partial charge is 0.373 e. The minimum Gasteiger partial charge on any atom is -0.373 e. The third kappa shape index (κ3) is 13.0. The van der Waals surface area contributed by atoms with Crippen LogP contribution in [0, 0.1) is 0 Å². The quantitative estimate of drug-likeness (QED) is 0.130. The molecule has 206 valence electrons. The monoisotopic (exact) mass is 509 g/mol. The fourth-order valence-electron chi connectivity index (χ4n) is 4.48. The number of unbranched alkanes of at least 4 members (excludes halogenated alkanes) is 9. The second-order valence-corrected chi connectivity index (χ2v) is 10.4. The molecule has 3 rings (SSSR count). The third-order valence-corrected chi connectivity index (χ3v) is 7.12. The number of carbonyl (C=O) groups is 3. The van der Waals surface area contributed by atoms with Gasteiger partial charge in [-0.15, -0.1) is 0 Å². The number of amides is 5. The Labute approximate surface area is 216 Å². The predicted octanol–water partition coefficient (Wildman–Crippen LogP) is 4.62. The lowest BCUT2D eigenvalue weighted by molar-refractivity contribution is -0.116. The van der Waals surface area contributed by atoms with Crippen molar-refractivity contribution in [1.82, 2.24) is 15.1 Å². The van der Waals surface area contributed by atoms with Gasteiger partial charge in [-0.25, -0.2) is 14.5 Å². The van der Waals surface area contributed by atoms with Crippen molar-refractivity contribution in [2.75, 3.05) is 39.5 Å². The van der Waals surface area contributed by atoms with Crippen LogP contribution in [0.1, 0.15) is 96.3 Å². The summed E-state index contributed by atoms with van der Waals surface area (Å²) in [4.78, 5) is 40.1. The molecule has 9 nitrogen and oxygen atoms in total. The Hall–Kier alpha value is -1.71. The van der Waals surface area contributed by atoms with Crippen molar-refractivity contribution >= 4 is 18.5 Å². The summed E-state index contributed by atoms with van der Waals surface area (Å²) < 4.78 is 15.7. The summed E-state index contributed by atoms with van der Waals surface area (Å²) >= 11 is 0. The van der Waals surface area contributed by atoms with Crippen molar-refractivity contribution < 1.29 is 28.6 Å². The normalized spacial score (nSPS) is 21.6. The minimum atomic E-state index is -0.510. The highest BCUT2D eigenvalue weighted by molar-refractivity contribution is 5.97. The molecule has 1 N–H and O–H groups in total. The second-order valence-electron chi connectivity index (χ2n) is 10.4. The van der Waals surface area contributed by atoms with Crippen molar-refractivity contribution in [3.8, 4) is 0 Å². The zero-order chi connectivity index (χ0) is 25.4. The van der Waals surface area contributed by atoms with E-state index in [4.69, 9.17) is 14.2 Å². The highest BCUT2D eigenvalue weighted by atomic mass is 16.6. The molecule has 0 aliphatic carbocycles. The molecule has 3 saturated heterocycles. The van der Waals surface area contributed by atoms with E-state index in [1.807, 2.05) is 0 Å². The van der Waals surface area contributed by atoms with Crippen LogP contribution < -0.4 is 5.32 Å². The summed E-state index contributed by atoms with van der Waals surface area (Å²) in [6.45, 7) is 3.89. The van der Waals surface area contributed by atoms with Crippen LogP contribution in [-0.2, 0) is 19.0 Å². The summed E-state index contributed by atoms with van der Waals surface area (Å²) in [6, 6.07) is -0.904. The van der Waals surface area contributed by atoms with E-state index in [1.54, 1.807) is 0 Å². The molecule has 3 fully saturated rings. The van der Waals surface area contributed by atoms with Gasteiger partial charge in [0.25, 0.3) is 0 Å². The van der Waals surface area contributed by atoms with E-state index in [1.165, 1.54) is 4.90 Å². The van der Waals surface area contributed by atoms with Crippen molar-refractivity contribution in [3.05, 3.63) is 0 Å². The minimum absolute atomic E-state index is 0.331. The average molecular weight is 510 g/mol. The van der Waals surface area contributed by atoms with Crippen LogP contribution in [-0.4, -0.2) is 86.0 Å². The fraction of sp³-hybridized carbons (Fsp3) is 0.889. The van der Waals surface area contributed by atoms with E-state index in [-0.39, 0.29) is 0 Å². The standard InChI is InChI=1S/C27H47N3O6/c31-22-29(17-11-5-2-8-14-24-20-35-24)27(33)30(18-12-6-3-9-15-25-21-36-25)26(32)28-16-10-4-1-7-13-23-19-34-23/h22-25H,1-21H2,(H,28,32). The van der Waals surface area contributed by atoms with Crippen LogP contribution in [0.3, 0.4) is 0 Å². The molecule has 3 aliphatic rings. The number of nitrogens with zero attached hydrogens (tertiary/aromatic N) is 2. The molecule has 0 radical (unpaired) electrons. The number of epoxide rings is 3. The maximum Gasteiger partial charge on any atom is 0.334 e. The Morgan fingerprint density at radius 2 is 1.11 bits per heavy atom. The second kappa shape index (κ2) is 16.9. The molecule has 0 spiro atoms. The molecule has 0 bridgehead atoms. The first-order valence-corrected chi connectivity index (χ1v) is 14.3. The highest BCUT2D eigenvalue weighted by Gasteiger charge is 2.26. The van der Waals surface area contributed by atoms with Gasteiger partial charge in [0.15, 0.2) is 0 Å². The number of carbonyl (C=O) groups excluding carboxylic acids is 3. The number of hydrogen-bond donors (Lipinski definition) is 1. The lowest BCUT2D eigenvalue weighted by Crippen LogP contribution is -2.50. The molecule has 0 saturated carbocycles. The molecule has 3 aliphatic heterocycles. The molecule has 5 amide bonds. The molecule has 0 aromatic heterocycles.